The molecule has 0 saturated heterocycles. The molecule has 0 bridgehead atoms. The Morgan fingerprint density at radius 3 is 2.66 bits per heavy atom. The van der Waals surface area contributed by atoms with Gasteiger partial charge < -0.3 is 15.0 Å². The van der Waals surface area contributed by atoms with E-state index in [-0.39, 0.29) is 24.5 Å². The molecule has 0 spiro atoms. The zero-order valence-electron chi connectivity index (χ0n) is 18.5. The van der Waals surface area contributed by atoms with Crippen molar-refractivity contribution in [1.29, 1.82) is 0 Å². The molecular formula is C25H28N4O3. The summed E-state index contributed by atoms with van der Waals surface area (Å²) in [7, 11) is 3.34. The van der Waals surface area contributed by atoms with Gasteiger partial charge in [-0.25, -0.2) is 0 Å². The minimum absolute atomic E-state index is 0.104. The summed E-state index contributed by atoms with van der Waals surface area (Å²) < 4.78 is 7.68. The van der Waals surface area contributed by atoms with Crippen LogP contribution in [0, 0.1) is 0 Å². The highest BCUT2D eigenvalue weighted by Crippen LogP contribution is 2.31. The Labute approximate surface area is 188 Å². The molecule has 32 heavy (non-hydrogen) atoms. The van der Waals surface area contributed by atoms with E-state index in [1.54, 1.807) is 38.4 Å². The zero-order chi connectivity index (χ0) is 22.5. The predicted octanol–water partition coefficient (Wildman–Crippen LogP) is 3.21. The number of amides is 2. The first-order valence-corrected chi connectivity index (χ1v) is 10.8. The number of aromatic nitrogens is 2. The summed E-state index contributed by atoms with van der Waals surface area (Å²) in [6.45, 7) is 0.602. The van der Waals surface area contributed by atoms with Crippen molar-refractivity contribution in [3.8, 4) is 5.75 Å². The topological polar surface area (TPSA) is 76.5 Å². The number of hydrogen-bond acceptors (Lipinski definition) is 4. The van der Waals surface area contributed by atoms with Gasteiger partial charge in [-0.2, -0.15) is 5.10 Å². The van der Waals surface area contributed by atoms with E-state index in [0.29, 0.717) is 17.9 Å². The van der Waals surface area contributed by atoms with Gasteiger partial charge in [0, 0.05) is 25.4 Å². The minimum Gasteiger partial charge on any atom is -0.483 e. The van der Waals surface area contributed by atoms with Crippen LogP contribution in [-0.4, -0.2) is 47.2 Å². The van der Waals surface area contributed by atoms with Crippen molar-refractivity contribution in [2.24, 2.45) is 0 Å². The molecule has 1 aliphatic carbocycles. The van der Waals surface area contributed by atoms with Crippen LogP contribution in [0.15, 0.2) is 60.8 Å². The Morgan fingerprint density at radius 1 is 1.12 bits per heavy atom. The van der Waals surface area contributed by atoms with Gasteiger partial charge >= 0.3 is 0 Å². The van der Waals surface area contributed by atoms with Crippen LogP contribution >= 0.6 is 0 Å². The van der Waals surface area contributed by atoms with Gasteiger partial charge in [-0.3, -0.25) is 14.3 Å². The highest BCUT2D eigenvalue weighted by molar-refractivity contribution is 5.97. The number of fused-ring (bicyclic) bond motifs is 1. The van der Waals surface area contributed by atoms with Crippen molar-refractivity contribution in [1.82, 2.24) is 20.0 Å². The van der Waals surface area contributed by atoms with Gasteiger partial charge in [0.1, 0.15) is 5.75 Å². The smallest absolute Gasteiger partial charge is 0.259 e. The Kier molecular flexibility index (Phi) is 6.54. The van der Waals surface area contributed by atoms with Gasteiger partial charge in [0.05, 0.1) is 24.3 Å². The van der Waals surface area contributed by atoms with E-state index >= 15 is 0 Å². The number of hydrogen-bond donors (Lipinski definition) is 1. The predicted molar refractivity (Wildman–Crippen MR) is 122 cm³/mol. The summed E-state index contributed by atoms with van der Waals surface area (Å²) in [5.74, 6) is 0.0190. The van der Waals surface area contributed by atoms with Gasteiger partial charge in [0.2, 0.25) is 0 Å². The fourth-order valence-electron chi connectivity index (χ4n) is 3.95. The maximum absolute atomic E-state index is 13.1. The number of carbonyl (C=O) groups excluding carboxylic acids is 2. The van der Waals surface area contributed by atoms with Crippen molar-refractivity contribution in [3.63, 3.8) is 0 Å². The Balaban J connectivity index is 1.48. The number of nitrogens with one attached hydrogen (secondary N) is 1. The van der Waals surface area contributed by atoms with E-state index in [0.717, 1.165) is 24.8 Å². The second-order valence-corrected chi connectivity index (χ2v) is 8.18. The Bertz CT molecular complexity index is 1090. The average Bonchev–Trinajstić information content (AvgIpc) is 3.22. The average molecular weight is 433 g/mol. The first-order chi connectivity index (χ1) is 15.5. The number of benzene rings is 2. The normalized spacial score (nSPS) is 15.0. The number of para-hydroxylation sites is 1. The lowest BCUT2D eigenvalue weighted by Crippen LogP contribution is -2.32. The second-order valence-electron chi connectivity index (χ2n) is 8.18. The summed E-state index contributed by atoms with van der Waals surface area (Å²) in [5.41, 5.74) is 3.86. The first kappa shape index (κ1) is 21.6. The summed E-state index contributed by atoms with van der Waals surface area (Å²) in [4.78, 5) is 26.4. The maximum Gasteiger partial charge on any atom is 0.259 e. The second kappa shape index (κ2) is 9.68. The molecule has 4 rings (SSSR count). The molecule has 3 aromatic rings. The fraction of sp³-hybridized carbons (Fsp3) is 0.320. The summed E-state index contributed by atoms with van der Waals surface area (Å²) in [6.07, 6.45) is 4.66. The van der Waals surface area contributed by atoms with Crippen LogP contribution in [-0.2, 0) is 17.8 Å². The van der Waals surface area contributed by atoms with Crippen LogP contribution < -0.4 is 10.1 Å². The van der Waals surface area contributed by atoms with Crippen LogP contribution in [0.1, 0.15) is 46.1 Å². The molecule has 0 fully saturated rings. The largest absolute Gasteiger partial charge is 0.483 e. The van der Waals surface area contributed by atoms with Gasteiger partial charge in [-0.05, 0) is 37.0 Å². The lowest BCUT2D eigenvalue weighted by Gasteiger charge is -2.25. The SMILES string of the molecule is CN(C)C(=O)COc1ccccc1C(=O)NC1CCCc2c1cnn2Cc1ccccc1. The van der Waals surface area contributed by atoms with Crippen LogP contribution in [0.3, 0.4) is 0 Å². The lowest BCUT2D eigenvalue weighted by molar-refractivity contribution is -0.130. The Hall–Kier alpha value is -3.61. The molecule has 2 aromatic carbocycles. The third-order valence-electron chi connectivity index (χ3n) is 5.72. The van der Waals surface area contributed by atoms with E-state index in [2.05, 4.69) is 22.5 Å². The van der Waals surface area contributed by atoms with Gasteiger partial charge in [0.25, 0.3) is 11.8 Å². The summed E-state index contributed by atoms with van der Waals surface area (Å²) in [6, 6.07) is 17.1. The third kappa shape index (κ3) is 4.82. The van der Waals surface area contributed by atoms with Gasteiger partial charge in [-0.1, -0.05) is 42.5 Å². The molecule has 1 unspecified atom stereocenters. The number of rotatable bonds is 7. The van der Waals surface area contributed by atoms with E-state index in [9.17, 15) is 9.59 Å². The molecule has 0 radical (unpaired) electrons. The standard InChI is InChI=1S/C25H28N4O3/c1-28(2)24(30)17-32-23-14-7-6-11-19(23)25(31)27-21-12-8-13-22-20(21)15-26-29(22)16-18-9-4-3-5-10-18/h3-7,9-11,14-15,21H,8,12-13,16-17H2,1-2H3,(H,27,31). The summed E-state index contributed by atoms with van der Waals surface area (Å²) >= 11 is 0. The first-order valence-electron chi connectivity index (χ1n) is 10.8. The van der Waals surface area contributed by atoms with E-state index in [4.69, 9.17) is 4.74 Å². The quantitative estimate of drug-likeness (QED) is 0.622. The van der Waals surface area contributed by atoms with Crippen molar-refractivity contribution in [3.05, 3.63) is 83.2 Å². The highest BCUT2D eigenvalue weighted by atomic mass is 16.5. The molecule has 1 aliphatic rings. The van der Waals surface area contributed by atoms with Crippen LogP contribution in [0.25, 0.3) is 0 Å². The van der Waals surface area contributed by atoms with Crippen molar-refractivity contribution < 1.29 is 14.3 Å². The Morgan fingerprint density at radius 2 is 1.88 bits per heavy atom. The third-order valence-corrected chi connectivity index (χ3v) is 5.72. The van der Waals surface area contributed by atoms with Crippen molar-refractivity contribution in [2.45, 2.75) is 31.8 Å². The molecule has 1 atom stereocenters. The lowest BCUT2D eigenvalue weighted by atomic mass is 9.92. The van der Waals surface area contributed by atoms with Gasteiger partial charge in [0.15, 0.2) is 6.61 Å². The number of nitrogens with zero attached hydrogens (tertiary/aromatic N) is 3. The van der Waals surface area contributed by atoms with Crippen molar-refractivity contribution >= 4 is 11.8 Å². The zero-order valence-corrected chi connectivity index (χ0v) is 18.5. The molecule has 1 aromatic heterocycles. The molecule has 1 heterocycles. The number of carbonyl (C=O) groups is 2. The van der Waals surface area contributed by atoms with Crippen molar-refractivity contribution in [2.75, 3.05) is 20.7 Å². The molecule has 166 valence electrons. The van der Waals surface area contributed by atoms with Crippen LogP contribution in [0.4, 0.5) is 0 Å². The van der Waals surface area contributed by atoms with E-state index in [1.807, 2.05) is 29.1 Å². The summed E-state index contributed by atoms with van der Waals surface area (Å²) in [5, 5.41) is 7.76. The maximum atomic E-state index is 13.1. The molecule has 0 aliphatic heterocycles. The molecule has 0 saturated carbocycles. The molecule has 1 N–H and O–H groups in total. The highest BCUT2D eigenvalue weighted by Gasteiger charge is 2.27. The van der Waals surface area contributed by atoms with Crippen LogP contribution in [0.2, 0.25) is 0 Å². The number of likely N-dealkylation sites (N-methyl/N-ethyl adjacent to an activating group) is 1. The number of ether oxygens (including phenoxy) is 1. The fourth-order valence-corrected chi connectivity index (χ4v) is 3.95. The molecule has 7 nitrogen and oxygen atoms in total. The molecule has 7 heteroatoms. The van der Waals surface area contributed by atoms with Gasteiger partial charge in [-0.15, -0.1) is 0 Å². The molecular weight excluding hydrogens is 404 g/mol. The van der Waals surface area contributed by atoms with E-state index in [1.165, 1.54) is 16.2 Å². The van der Waals surface area contributed by atoms with E-state index < -0.39 is 0 Å². The minimum atomic E-state index is -0.216. The van der Waals surface area contributed by atoms with Crippen LogP contribution in [0.5, 0.6) is 5.75 Å². The monoisotopic (exact) mass is 432 g/mol. The molecule has 2 amide bonds.